The first-order valence-corrected chi connectivity index (χ1v) is 7.65. The van der Waals surface area contributed by atoms with Gasteiger partial charge in [-0.2, -0.15) is 10.5 Å². The molecule has 0 saturated heterocycles. The summed E-state index contributed by atoms with van der Waals surface area (Å²) in [5, 5.41) is 20.6. The summed E-state index contributed by atoms with van der Waals surface area (Å²) in [5.74, 6) is -1.13. The minimum Gasteiger partial charge on any atom is -0.358 e. The zero-order chi connectivity index (χ0) is 16.4. The molecule has 1 unspecified atom stereocenters. The predicted molar refractivity (Wildman–Crippen MR) is 91.0 cm³/mol. The first-order chi connectivity index (χ1) is 11.2. The van der Waals surface area contributed by atoms with E-state index in [2.05, 4.69) is 17.1 Å². The molecule has 0 bridgehead atoms. The fourth-order valence-electron chi connectivity index (χ4n) is 3.10. The Kier molecular flexibility index (Phi) is 4.06. The van der Waals surface area contributed by atoms with Crippen molar-refractivity contribution in [2.24, 2.45) is 5.92 Å². The van der Waals surface area contributed by atoms with Gasteiger partial charge in [-0.25, -0.2) is 0 Å². The Bertz CT molecular complexity index is 929. The van der Waals surface area contributed by atoms with Crippen LogP contribution in [0.5, 0.6) is 0 Å². The number of aryl methyl sites for hydroxylation is 1. The molecule has 2 aromatic carbocycles. The second kappa shape index (κ2) is 6.16. The molecule has 3 rings (SSSR count). The summed E-state index contributed by atoms with van der Waals surface area (Å²) in [7, 11) is 0. The highest BCUT2D eigenvalue weighted by molar-refractivity contribution is 6.30. The first-order valence-electron chi connectivity index (χ1n) is 7.27. The number of nitriles is 2. The number of fused-ring (bicyclic) bond motifs is 1. The lowest BCUT2D eigenvalue weighted by molar-refractivity contribution is 0.709. The molecule has 0 aliphatic heterocycles. The van der Waals surface area contributed by atoms with Gasteiger partial charge < -0.3 is 4.98 Å². The van der Waals surface area contributed by atoms with Crippen molar-refractivity contribution in [2.45, 2.75) is 12.8 Å². The van der Waals surface area contributed by atoms with Gasteiger partial charge in [0.25, 0.3) is 0 Å². The molecule has 0 aliphatic carbocycles. The molecule has 0 spiro atoms. The van der Waals surface area contributed by atoms with Crippen molar-refractivity contribution in [2.75, 3.05) is 0 Å². The molecule has 4 heteroatoms. The molecule has 3 aromatic rings. The normalized spacial score (nSPS) is 12.0. The van der Waals surface area contributed by atoms with Crippen molar-refractivity contribution in [3.05, 3.63) is 70.4 Å². The number of nitrogens with one attached hydrogen (secondary N) is 1. The number of nitrogens with zero attached hydrogens (tertiary/aromatic N) is 2. The predicted octanol–water partition coefficient (Wildman–Crippen LogP) is 4.92. The lowest BCUT2D eigenvalue weighted by Crippen LogP contribution is -2.12. The fourth-order valence-corrected chi connectivity index (χ4v) is 3.30. The highest BCUT2D eigenvalue weighted by Crippen LogP contribution is 2.38. The molecule has 1 N–H and O–H groups in total. The van der Waals surface area contributed by atoms with Gasteiger partial charge in [0.15, 0.2) is 0 Å². The van der Waals surface area contributed by atoms with E-state index in [0.717, 1.165) is 27.7 Å². The van der Waals surface area contributed by atoms with Crippen LogP contribution in [-0.2, 0) is 0 Å². The van der Waals surface area contributed by atoms with Crippen molar-refractivity contribution in [1.82, 2.24) is 4.98 Å². The van der Waals surface area contributed by atoms with Crippen LogP contribution in [0.1, 0.15) is 22.7 Å². The van der Waals surface area contributed by atoms with E-state index in [1.54, 1.807) is 6.07 Å². The van der Waals surface area contributed by atoms with Gasteiger partial charge in [0.2, 0.25) is 0 Å². The number of halogens is 1. The molecule has 112 valence electrons. The number of para-hydroxylation sites is 1. The van der Waals surface area contributed by atoms with Crippen molar-refractivity contribution in [3.63, 3.8) is 0 Å². The van der Waals surface area contributed by atoms with E-state index < -0.39 is 5.92 Å². The van der Waals surface area contributed by atoms with Gasteiger partial charge in [0, 0.05) is 27.5 Å². The molecule has 0 saturated carbocycles. The minimum atomic E-state index is -0.786. The number of hydrogen-bond acceptors (Lipinski definition) is 2. The maximum Gasteiger partial charge on any atom is 0.144 e. The molecule has 1 aromatic heterocycles. The Labute approximate surface area is 139 Å². The number of rotatable bonds is 3. The van der Waals surface area contributed by atoms with Crippen molar-refractivity contribution in [1.29, 1.82) is 10.5 Å². The topological polar surface area (TPSA) is 63.4 Å². The summed E-state index contributed by atoms with van der Waals surface area (Å²) < 4.78 is 0. The van der Waals surface area contributed by atoms with Crippen LogP contribution in [0.3, 0.4) is 0 Å². The Hall–Kier alpha value is -2.75. The average molecular weight is 320 g/mol. The molecule has 1 heterocycles. The first kappa shape index (κ1) is 15.2. The molecule has 0 radical (unpaired) electrons. The third-order valence-corrected chi connectivity index (χ3v) is 4.31. The van der Waals surface area contributed by atoms with Crippen LogP contribution in [0, 0.1) is 35.5 Å². The second-order valence-electron chi connectivity index (χ2n) is 5.48. The zero-order valence-electron chi connectivity index (χ0n) is 12.5. The zero-order valence-corrected chi connectivity index (χ0v) is 13.3. The summed E-state index contributed by atoms with van der Waals surface area (Å²) in [6.07, 6.45) is 0. The minimum absolute atomic E-state index is 0.347. The van der Waals surface area contributed by atoms with Gasteiger partial charge in [-0.05, 0) is 36.2 Å². The monoisotopic (exact) mass is 319 g/mol. The van der Waals surface area contributed by atoms with Crippen LogP contribution < -0.4 is 0 Å². The van der Waals surface area contributed by atoms with Crippen LogP contribution in [0.25, 0.3) is 10.9 Å². The molecular weight excluding hydrogens is 306 g/mol. The third kappa shape index (κ3) is 2.68. The third-order valence-electron chi connectivity index (χ3n) is 4.07. The van der Waals surface area contributed by atoms with Crippen LogP contribution in [-0.4, -0.2) is 4.98 Å². The number of H-pyrrole nitrogens is 1. The van der Waals surface area contributed by atoms with Crippen LogP contribution in [0.4, 0.5) is 0 Å². The Balaban J connectivity index is 2.29. The van der Waals surface area contributed by atoms with Gasteiger partial charge in [-0.1, -0.05) is 41.9 Å². The van der Waals surface area contributed by atoms with E-state index in [-0.39, 0.29) is 5.92 Å². The standard InChI is InChI=1S/C19H14ClN3/c1-12-18(16-7-2-3-8-17(16)23-12)19(14(10-21)11-22)13-5-4-6-15(20)9-13/h2-9,14,19,23H,1H3. The van der Waals surface area contributed by atoms with Crippen LogP contribution in [0.15, 0.2) is 48.5 Å². The summed E-state index contributed by atoms with van der Waals surface area (Å²) in [4.78, 5) is 3.34. The lowest BCUT2D eigenvalue weighted by Gasteiger charge is -2.19. The Morgan fingerprint density at radius 1 is 1.04 bits per heavy atom. The molecule has 23 heavy (non-hydrogen) atoms. The van der Waals surface area contributed by atoms with E-state index in [4.69, 9.17) is 11.6 Å². The van der Waals surface area contributed by atoms with Gasteiger partial charge in [-0.3, -0.25) is 0 Å². The van der Waals surface area contributed by atoms with Crippen LogP contribution in [0.2, 0.25) is 5.02 Å². The smallest absolute Gasteiger partial charge is 0.144 e. The number of aromatic amines is 1. The highest BCUT2D eigenvalue weighted by Gasteiger charge is 2.29. The Morgan fingerprint density at radius 2 is 1.78 bits per heavy atom. The number of hydrogen-bond donors (Lipinski definition) is 1. The largest absolute Gasteiger partial charge is 0.358 e. The number of benzene rings is 2. The molecule has 0 amide bonds. The highest BCUT2D eigenvalue weighted by atomic mass is 35.5. The van der Waals surface area contributed by atoms with Crippen molar-refractivity contribution in [3.8, 4) is 12.1 Å². The molecule has 3 nitrogen and oxygen atoms in total. The van der Waals surface area contributed by atoms with Crippen LogP contribution >= 0.6 is 11.6 Å². The molecule has 1 atom stereocenters. The number of aromatic nitrogens is 1. The quantitative estimate of drug-likeness (QED) is 0.744. The van der Waals surface area contributed by atoms with Gasteiger partial charge in [0.05, 0.1) is 12.1 Å². The summed E-state index contributed by atoms with van der Waals surface area (Å²) in [6.45, 7) is 1.97. The van der Waals surface area contributed by atoms with E-state index in [1.807, 2.05) is 49.4 Å². The maximum absolute atomic E-state index is 9.47. The van der Waals surface area contributed by atoms with E-state index >= 15 is 0 Å². The molecular formula is C19H14ClN3. The van der Waals surface area contributed by atoms with Crippen molar-refractivity contribution < 1.29 is 0 Å². The van der Waals surface area contributed by atoms with Gasteiger partial charge in [-0.15, -0.1) is 0 Å². The van der Waals surface area contributed by atoms with E-state index in [1.165, 1.54) is 0 Å². The Morgan fingerprint density at radius 3 is 2.48 bits per heavy atom. The van der Waals surface area contributed by atoms with Crippen molar-refractivity contribution >= 4 is 22.5 Å². The SMILES string of the molecule is Cc1[nH]c2ccccc2c1C(c1cccc(Cl)c1)C(C#N)C#N. The molecule has 0 fully saturated rings. The average Bonchev–Trinajstić information content (AvgIpc) is 2.88. The summed E-state index contributed by atoms with van der Waals surface area (Å²) in [5.41, 5.74) is 3.82. The van der Waals surface area contributed by atoms with Gasteiger partial charge in [0.1, 0.15) is 5.92 Å². The van der Waals surface area contributed by atoms with E-state index in [0.29, 0.717) is 5.02 Å². The second-order valence-corrected chi connectivity index (χ2v) is 5.91. The van der Waals surface area contributed by atoms with E-state index in [9.17, 15) is 10.5 Å². The lowest BCUT2D eigenvalue weighted by atomic mass is 9.81. The van der Waals surface area contributed by atoms with Gasteiger partial charge >= 0.3 is 0 Å². The summed E-state index contributed by atoms with van der Waals surface area (Å²) >= 11 is 6.13. The maximum atomic E-state index is 9.47. The fraction of sp³-hybridized carbons (Fsp3) is 0.158. The summed E-state index contributed by atoms with van der Waals surface area (Å²) in [6, 6.07) is 19.6. The molecule has 0 aliphatic rings.